The molecule has 0 aromatic heterocycles. The Balaban J connectivity index is 2.44. The molecule has 1 aliphatic carbocycles. The molecule has 1 rings (SSSR count). The number of nitriles is 1. The zero-order valence-electron chi connectivity index (χ0n) is 9.12. The normalized spacial score (nSPS) is 29.5. The largest absolute Gasteiger partial charge is 0.298 e. The van der Waals surface area contributed by atoms with E-state index in [9.17, 15) is 0 Å². The van der Waals surface area contributed by atoms with Crippen LogP contribution in [0.15, 0.2) is 0 Å². The monoisotopic (exact) mass is 212 g/mol. The van der Waals surface area contributed by atoms with Gasteiger partial charge in [-0.2, -0.15) is 17.0 Å². The quantitative estimate of drug-likeness (QED) is 0.778. The Morgan fingerprint density at radius 3 is 2.79 bits per heavy atom. The molecule has 0 radical (unpaired) electrons. The van der Waals surface area contributed by atoms with Crippen LogP contribution >= 0.6 is 11.8 Å². The summed E-state index contributed by atoms with van der Waals surface area (Å²) in [6.45, 7) is 2.07. The van der Waals surface area contributed by atoms with E-state index in [4.69, 9.17) is 5.26 Å². The van der Waals surface area contributed by atoms with Crippen LogP contribution in [-0.2, 0) is 0 Å². The van der Waals surface area contributed by atoms with Crippen LogP contribution in [0.1, 0.15) is 39.0 Å². The maximum absolute atomic E-state index is 8.90. The van der Waals surface area contributed by atoms with Crippen LogP contribution in [0.4, 0.5) is 0 Å². The first-order valence-electron chi connectivity index (χ1n) is 5.50. The third-order valence-corrected chi connectivity index (χ3v) is 4.15. The average molecular weight is 212 g/mol. The maximum atomic E-state index is 8.90. The van der Waals surface area contributed by atoms with Crippen molar-refractivity contribution < 1.29 is 0 Å². The summed E-state index contributed by atoms with van der Waals surface area (Å²) in [7, 11) is 0. The van der Waals surface area contributed by atoms with E-state index in [0.29, 0.717) is 11.3 Å². The summed E-state index contributed by atoms with van der Waals surface area (Å²) in [5.74, 6) is 0. The standard InChI is InChI=1S/C11H20N2S/c1-3-9(8-12)13-10-6-4-5-7-11(10)14-2/h9-11,13H,3-7H2,1-2H3. The van der Waals surface area contributed by atoms with E-state index in [0.717, 1.165) is 6.42 Å². The number of nitrogens with one attached hydrogen (secondary N) is 1. The van der Waals surface area contributed by atoms with Crippen molar-refractivity contribution in [1.82, 2.24) is 5.32 Å². The summed E-state index contributed by atoms with van der Waals surface area (Å²) < 4.78 is 0. The molecule has 1 fully saturated rings. The van der Waals surface area contributed by atoms with Crippen molar-refractivity contribution >= 4 is 11.8 Å². The van der Waals surface area contributed by atoms with Crippen LogP contribution in [-0.4, -0.2) is 23.6 Å². The molecule has 14 heavy (non-hydrogen) atoms. The summed E-state index contributed by atoms with van der Waals surface area (Å²) in [4.78, 5) is 0. The highest BCUT2D eigenvalue weighted by molar-refractivity contribution is 7.99. The lowest BCUT2D eigenvalue weighted by atomic mass is 9.94. The molecule has 1 saturated carbocycles. The Labute approximate surface area is 91.4 Å². The molecule has 1 N–H and O–H groups in total. The highest BCUT2D eigenvalue weighted by Gasteiger charge is 2.25. The molecule has 3 heteroatoms. The zero-order chi connectivity index (χ0) is 10.4. The second kappa shape index (κ2) is 6.31. The molecule has 0 aromatic carbocycles. The summed E-state index contributed by atoms with van der Waals surface area (Å²) in [6.07, 6.45) is 8.31. The lowest BCUT2D eigenvalue weighted by Gasteiger charge is -2.32. The fraction of sp³-hybridized carbons (Fsp3) is 0.909. The van der Waals surface area contributed by atoms with Crippen molar-refractivity contribution in [2.75, 3.05) is 6.26 Å². The van der Waals surface area contributed by atoms with E-state index in [2.05, 4.69) is 24.6 Å². The fourth-order valence-electron chi connectivity index (χ4n) is 2.07. The second-order valence-electron chi connectivity index (χ2n) is 3.92. The van der Waals surface area contributed by atoms with Gasteiger partial charge in [-0.1, -0.05) is 19.8 Å². The van der Waals surface area contributed by atoms with Gasteiger partial charge in [0.1, 0.15) is 0 Å². The van der Waals surface area contributed by atoms with E-state index in [-0.39, 0.29) is 6.04 Å². The maximum Gasteiger partial charge on any atom is 0.0952 e. The van der Waals surface area contributed by atoms with Gasteiger partial charge in [0.2, 0.25) is 0 Å². The third kappa shape index (κ3) is 3.18. The summed E-state index contributed by atoms with van der Waals surface area (Å²) >= 11 is 1.94. The lowest BCUT2D eigenvalue weighted by molar-refractivity contribution is 0.364. The first-order chi connectivity index (χ1) is 6.81. The summed E-state index contributed by atoms with van der Waals surface area (Å²) in [5.41, 5.74) is 0. The molecule has 80 valence electrons. The molecular weight excluding hydrogens is 192 g/mol. The van der Waals surface area contributed by atoms with Gasteiger partial charge in [0.15, 0.2) is 0 Å². The zero-order valence-corrected chi connectivity index (χ0v) is 9.94. The van der Waals surface area contributed by atoms with Crippen LogP contribution < -0.4 is 5.32 Å². The Morgan fingerprint density at radius 1 is 1.50 bits per heavy atom. The van der Waals surface area contributed by atoms with Crippen LogP contribution in [0.25, 0.3) is 0 Å². The summed E-state index contributed by atoms with van der Waals surface area (Å²) in [6, 6.07) is 2.93. The van der Waals surface area contributed by atoms with Gasteiger partial charge in [-0.25, -0.2) is 0 Å². The van der Waals surface area contributed by atoms with Gasteiger partial charge in [-0.05, 0) is 25.5 Å². The van der Waals surface area contributed by atoms with Gasteiger partial charge in [-0.3, -0.25) is 5.32 Å². The molecule has 0 amide bonds. The van der Waals surface area contributed by atoms with Crippen molar-refractivity contribution in [3.05, 3.63) is 0 Å². The first-order valence-corrected chi connectivity index (χ1v) is 6.79. The predicted octanol–water partition coefficient (Wildman–Crippen LogP) is 2.55. The average Bonchev–Trinajstić information content (AvgIpc) is 2.26. The minimum absolute atomic E-state index is 0.0488. The van der Waals surface area contributed by atoms with Crippen LogP contribution in [0, 0.1) is 11.3 Å². The molecule has 2 nitrogen and oxygen atoms in total. The second-order valence-corrected chi connectivity index (χ2v) is 5.00. The minimum atomic E-state index is 0.0488. The molecule has 3 unspecified atom stereocenters. The van der Waals surface area contributed by atoms with E-state index >= 15 is 0 Å². The number of rotatable bonds is 4. The lowest BCUT2D eigenvalue weighted by Crippen LogP contribution is -2.45. The molecule has 0 aliphatic heterocycles. The van der Waals surface area contributed by atoms with Crippen molar-refractivity contribution in [2.24, 2.45) is 0 Å². The van der Waals surface area contributed by atoms with Crippen molar-refractivity contribution in [3.63, 3.8) is 0 Å². The van der Waals surface area contributed by atoms with Crippen molar-refractivity contribution in [3.8, 4) is 6.07 Å². The first kappa shape index (κ1) is 11.9. The van der Waals surface area contributed by atoms with Crippen LogP contribution in [0.5, 0.6) is 0 Å². The molecule has 0 spiro atoms. The Morgan fingerprint density at radius 2 is 2.21 bits per heavy atom. The Kier molecular flexibility index (Phi) is 5.36. The van der Waals surface area contributed by atoms with Gasteiger partial charge in [0, 0.05) is 11.3 Å². The topological polar surface area (TPSA) is 35.8 Å². The number of hydrogen-bond acceptors (Lipinski definition) is 3. The molecular formula is C11H20N2S. The van der Waals surface area contributed by atoms with Crippen molar-refractivity contribution in [1.29, 1.82) is 5.26 Å². The van der Waals surface area contributed by atoms with Gasteiger partial charge in [0.05, 0.1) is 12.1 Å². The molecule has 0 bridgehead atoms. The molecule has 1 aliphatic rings. The molecule has 0 aromatic rings. The van der Waals surface area contributed by atoms with Gasteiger partial charge in [0.25, 0.3) is 0 Å². The number of hydrogen-bond donors (Lipinski definition) is 1. The highest BCUT2D eigenvalue weighted by atomic mass is 32.2. The highest BCUT2D eigenvalue weighted by Crippen LogP contribution is 2.27. The van der Waals surface area contributed by atoms with E-state index in [1.807, 2.05) is 11.8 Å². The number of nitrogens with zero attached hydrogens (tertiary/aromatic N) is 1. The Hall–Kier alpha value is -0.200. The SMILES string of the molecule is CCC(C#N)NC1CCCCC1SC. The van der Waals surface area contributed by atoms with Gasteiger partial charge in [-0.15, -0.1) is 0 Å². The minimum Gasteiger partial charge on any atom is -0.298 e. The fourth-order valence-corrected chi connectivity index (χ4v) is 3.02. The molecule has 0 heterocycles. The van der Waals surface area contributed by atoms with Crippen LogP contribution in [0.3, 0.4) is 0 Å². The van der Waals surface area contributed by atoms with E-state index in [1.54, 1.807) is 0 Å². The molecule has 0 saturated heterocycles. The van der Waals surface area contributed by atoms with Crippen LogP contribution in [0.2, 0.25) is 0 Å². The smallest absolute Gasteiger partial charge is 0.0952 e. The number of thioether (sulfide) groups is 1. The summed E-state index contributed by atoms with van der Waals surface area (Å²) in [5, 5.41) is 13.1. The van der Waals surface area contributed by atoms with E-state index < -0.39 is 0 Å². The van der Waals surface area contributed by atoms with Gasteiger partial charge >= 0.3 is 0 Å². The van der Waals surface area contributed by atoms with Crippen molar-refractivity contribution in [2.45, 2.75) is 56.4 Å². The predicted molar refractivity (Wildman–Crippen MR) is 62.4 cm³/mol. The van der Waals surface area contributed by atoms with E-state index in [1.165, 1.54) is 25.7 Å². The molecule has 3 atom stereocenters. The Bertz CT molecular complexity index is 200. The third-order valence-electron chi connectivity index (χ3n) is 2.98. The van der Waals surface area contributed by atoms with Gasteiger partial charge < -0.3 is 0 Å².